The Morgan fingerprint density at radius 2 is 0.837 bits per heavy atom. The Labute approximate surface area is 290 Å². The summed E-state index contributed by atoms with van der Waals surface area (Å²) in [5.41, 5.74) is 12.8. The average molecular weight is 783 g/mol. The van der Waals surface area contributed by atoms with Crippen LogP contribution in [0.4, 0.5) is 10.3 Å². The molecule has 2 aromatic heterocycles. The minimum absolute atomic E-state index is 0. The second-order valence-electron chi connectivity index (χ2n) is 13.3. The third-order valence-corrected chi connectivity index (χ3v) is 7.77. The van der Waals surface area contributed by atoms with Crippen molar-refractivity contribution in [3.63, 3.8) is 0 Å². The molecule has 0 amide bonds. The van der Waals surface area contributed by atoms with Crippen LogP contribution in [-0.4, -0.2) is 23.1 Å². The van der Waals surface area contributed by atoms with Gasteiger partial charge in [-0.25, -0.2) is 0 Å². The molecule has 0 aliphatic heterocycles. The maximum absolute atomic E-state index is 4.69. The van der Waals surface area contributed by atoms with E-state index in [1.807, 2.05) is 0 Å². The number of hydrogen-bond donors (Lipinski definition) is 0. The van der Waals surface area contributed by atoms with Crippen molar-refractivity contribution in [2.75, 3.05) is 13.1 Å². The van der Waals surface area contributed by atoms with Crippen molar-refractivity contribution in [3.05, 3.63) is 93.9 Å². The van der Waals surface area contributed by atoms with Crippen LogP contribution in [-0.2, 0) is 25.8 Å². The Kier molecular flexibility index (Phi) is 16.3. The molecule has 0 saturated carbocycles. The van der Waals surface area contributed by atoms with E-state index < -0.39 is 0 Å². The molecule has 43 heavy (non-hydrogen) atoms. The second-order valence-corrected chi connectivity index (χ2v) is 15.0. The van der Waals surface area contributed by atoms with Gasteiger partial charge < -0.3 is 35.5 Å². The zero-order valence-corrected chi connectivity index (χ0v) is 34.2. The summed E-state index contributed by atoms with van der Waals surface area (Å²) in [6, 6.07) is 8.86. The molecule has 0 unspecified atom stereocenters. The van der Waals surface area contributed by atoms with Crippen LogP contribution in [0.5, 0.6) is 0 Å². The van der Waals surface area contributed by atoms with E-state index in [2.05, 4.69) is 139 Å². The SMILES string of the molecule is Cc1cc(C)c(-c2csc([N-]CC(C)(C)C)n2)c(C)c1.Cc1cc(C)c(-c2csc([N-]CC(C)(C)C)n2)c(C)c1.[CH3-].[CH3-].[Hf+4]. The number of aryl methyl sites for hydroxylation is 6. The van der Waals surface area contributed by atoms with Crippen molar-refractivity contribution < 1.29 is 25.8 Å². The van der Waals surface area contributed by atoms with Gasteiger partial charge in [-0.2, -0.15) is 22.7 Å². The smallest absolute Gasteiger partial charge is 0.456 e. The molecule has 4 aromatic rings. The fourth-order valence-electron chi connectivity index (χ4n) is 4.68. The summed E-state index contributed by atoms with van der Waals surface area (Å²) in [5.74, 6) is 0. The molecule has 0 fully saturated rings. The Hall–Kier alpha value is -1.83. The molecule has 0 saturated heterocycles. The minimum Gasteiger partial charge on any atom is -0.456 e. The van der Waals surface area contributed by atoms with Gasteiger partial charge in [-0.1, -0.05) is 76.9 Å². The second kappa shape index (κ2) is 17.0. The van der Waals surface area contributed by atoms with Gasteiger partial charge in [0, 0.05) is 0 Å². The van der Waals surface area contributed by atoms with Crippen LogP contribution in [0.2, 0.25) is 0 Å². The van der Waals surface area contributed by atoms with Gasteiger partial charge in [0.2, 0.25) is 0 Å². The van der Waals surface area contributed by atoms with Crippen molar-refractivity contribution >= 4 is 32.9 Å². The molecule has 7 heteroatoms. The molecule has 4 rings (SSSR count). The van der Waals surface area contributed by atoms with Gasteiger partial charge >= 0.3 is 25.8 Å². The average Bonchev–Trinajstić information content (AvgIpc) is 3.44. The summed E-state index contributed by atoms with van der Waals surface area (Å²) >= 11 is 3.26. The minimum atomic E-state index is 0. The molecule has 0 bridgehead atoms. The molecule has 0 N–H and O–H groups in total. The van der Waals surface area contributed by atoms with Crippen LogP contribution < -0.4 is 0 Å². The Morgan fingerprint density at radius 3 is 1.09 bits per heavy atom. The summed E-state index contributed by atoms with van der Waals surface area (Å²) in [4.78, 5) is 9.37. The quantitative estimate of drug-likeness (QED) is 0.144. The predicted octanol–water partition coefficient (Wildman–Crippen LogP) is 12.5. The topological polar surface area (TPSA) is 54.0 Å². The molecule has 0 radical (unpaired) electrons. The van der Waals surface area contributed by atoms with Gasteiger partial charge in [-0.15, -0.1) is 0 Å². The van der Waals surface area contributed by atoms with E-state index >= 15 is 0 Å². The van der Waals surface area contributed by atoms with Crippen LogP contribution in [0, 0.1) is 67.2 Å². The van der Waals surface area contributed by atoms with Crippen molar-refractivity contribution in [2.45, 2.75) is 83.1 Å². The van der Waals surface area contributed by atoms with Crippen molar-refractivity contribution in [1.29, 1.82) is 0 Å². The van der Waals surface area contributed by atoms with E-state index in [-0.39, 0.29) is 51.5 Å². The normalized spacial score (nSPS) is 10.9. The van der Waals surface area contributed by atoms with Gasteiger partial charge in [-0.05, 0) is 131 Å². The van der Waals surface area contributed by atoms with E-state index in [0.29, 0.717) is 0 Å². The largest absolute Gasteiger partial charge is 4.00 e. The third kappa shape index (κ3) is 12.6. The van der Waals surface area contributed by atoms with Gasteiger partial charge in [0.05, 0.1) is 0 Å². The van der Waals surface area contributed by atoms with E-state index in [1.54, 1.807) is 22.7 Å². The maximum atomic E-state index is 4.69. The summed E-state index contributed by atoms with van der Waals surface area (Å²) < 4.78 is 0. The van der Waals surface area contributed by atoms with Crippen molar-refractivity contribution in [3.8, 4) is 22.5 Å². The molecule has 0 aliphatic rings. The van der Waals surface area contributed by atoms with E-state index in [1.165, 1.54) is 44.5 Å². The molecule has 2 heterocycles. The summed E-state index contributed by atoms with van der Waals surface area (Å²) in [6.45, 7) is 27.7. The molecular weight excluding hydrogens is 731 g/mol. The molecule has 4 nitrogen and oxygen atoms in total. The third-order valence-electron chi connectivity index (χ3n) is 6.23. The first kappa shape index (κ1) is 41.2. The first-order valence-corrected chi connectivity index (χ1v) is 15.7. The van der Waals surface area contributed by atoms with Gasteiger partial charge in [0.15, 0.2) is 0 Å². The zero-order chi connectivity index (χ0) is 29.8. The number of aromatic nitrogens is 2. The molecule has 2 aromatic carbocycles. The van der Waals surface area contributed by atoms with Crippen LogP contribution in [0.15, 0.2) is 35.0 Å². The van der Waals surface area contributed by atoms with Crippen LogP contribution >= 0.6 is 22.7 Å². The van der Waals surface area contributed by atoms with Gasteiger partial charge in [0.1, 0.15) is 0 Å². The van der Waals surface area contributed by atoms with E-state index in [0.717, 1.165) is 34.7 Å². The van der Waals surface area contributed by atoms with Crippen molar-refractivity contribution in [1.82, 2.24) is 9.97 Å². The van der Waals surface area contributed by atoms with E-state index in [9.17, 15) is 0 Å². The van der Waals surface area contributed by atoms with Crippen LogP contribution in [0.3, 0.4) is 0 Å². The maximum Gasteiger partial charge on any atom is 4.00 e. The van der Waals surface area contributed by atoms with Crippen LogP contribution in [0.1, 0.15) is 74.9 Å². The first-order valence-electron chi connectivity index (χ1n) is 13.9. The first-order chi connectivity index (χ1) is 18.5. The molecule has 232 valence electrons. The molecular formula is C36H52HfN4S2. The fourth-order valence-corrected chi connectivity index (χ4v) is 6.04. The summed E-state index contributed by atoms with van der Waals surface area (Å²) in [7, 11) is 0. The van der Waals surface area contributed by atoms with E-state index in [4.69, 9.17) is 0 Å². The predicted molar refractivity (Wildman–Crippen MR) is 191 cm³/mol. The standard InChI is InChI=1S/2C17H23N2S.2CH3.Hf/c2*1-11-7-12(2)15(13(3)8-11)14-9-20-16(19-14)18-10-17(4,5)6;;;/h2*7-9H,10H2,1-6H3;2*1H3;/q4*-1;+4. The number of nitrogens with zero attached hydrogens (tertiary/aromatic N) is 4. The zero-order valence-electron chi connectivity index (χ0n) is 29.0. The molecule has 0 aliphatic carbocycles. The molecule has 0 spiro atoms. The van der Waals surface area contributed by atoms with Gasteiger partial charge in [0.25, 0.3) is 0 Å². The number of hydrogen-bond acceptors (Lipinski definition) is 4. The molecule has 0 atom stereocenters. The van der Waals surface area contributed by atoms with Crippen molar-refractivity contribution in [2.24, 2.45) is 10.8 Å². The Morgan fingerprint density at radius 1 is 0.558 bits per heavy atom. The number of thiazole rings is 2. The van der Waals surface area contributed by atoms with Crippen LogP contribution in [0.25, 0.3) is 33.1 Å². The fraction of sp³-hybridized carbons (Fsp3) is 0.444. The summed E-state index contributed by atoms with van der Waals surface area (Å²) in [5, 5.41) is 15.2. The monoisotopic (exact) mass is 784 g/mol. The number of benzene rings is 2. The summed E-state index contributed by atoms with van der Waals surface area (Å²) in [6.07, 6.45) is 0. The Bertz CT molecular complexity index is 1280. The number of rotatable bonds is 6. The Balaban J connectivity index is 0.000000767. The van der Waals surface area contributed by atoms with Gasteiger partial charge in [-0.3, -0.25) is 0 Å².